The van der Waals surface area contributed by atoms with Gasteiger partial charge in [-0.05, 0) is 38.1 Å². The summed E-state index contributed by atoms with van der Waals surface area (Å²) in [5.41, 5.74) is 0.711. The molecule has 0 saturated carbocycles. The molecular formula is C19H21NO2. The fourth-order valence-corrected chi connectivity index (χ4v) is 2.83. The van der Waals surface area contributed by atoms with Crippen molar-refractivity contribution < 1.29 is 9.53 Å². The van der Waals surface area contributed by atoms with Crippen LogP contribution in [-0.4, -0.2) is 36.4 Å². The molecule has 1 saturated heterocycles. The molecule has 0 spiro atoms. The van der Waals surface area contributed by atoms with E-state index >= 15 is 0 Å². The number of likely N-dealkylation sites (tertiary alicyclic amines) is 1. The van der Waals surface area contributed by atoms with Gasteiger partial charge in [-0.1, -0.05) is 48.5 Å². The predicted molar refractivity (Wildman–Crippen MR) is 87.3 cm³/mol. The van der Waals surface area contributed by atoms with Crippen molar-refractivity contribution in [2.45, 2.75) is 18.9 Å². The van der Waals surface area contributed by atoms with Gasteiger partial charge in [0.05, 0.1) is 0 Å². The summed E-state index contributed by atoms with van der Waals surface area (Å²) in [6, 6.07) is 19.0. The highest BCUT2D eigenvalue weighted by Crippen LogP contribution is 2.17. The van der Waals surface area contributed by atoms with Gasteiger partial charge in [-0.25, -0.2) is 0 Å². The number of benzene rings is 2. The van der Waals surface area contributed by atoms with Crippen LogP contribution in [-0.2, 0) is 0 Å². The highest BCUT2D eigenvalue weighted by Gasteiger charge is 2.26. The maximum atomic E-state index is 12.8. The number of hydrogen-bond acceptors (Lipinski definition) is 3. The zero-order valence-electron chi connectivity index (χ0n) is 12.7. The van der Waals surface area contributed by atoms with Crippen LogP contribution in [0, 0.1) is 0 Å². The highest BCUT2D eigenvalue weighted by atomic mass is 16.5. The Morgan fingerprint density at radius 2 is 1.55 bits per heavy atom. The third-order valence-electron chi connectivity index (χ3n) is 3.99. The van der Waals surface area contributed by atoms with Gasteiger partial charge >= 0.3 is 0 Å². The lowest BCUT2D eigenvalue weighted by Crippen LogP contribution is -2.39. The van der Waals surface area contributed by atoms with Gasteiger partial charge in [-0.2, -0.15) is 0 Å². The summed E-state index contributed by atoms with van der Waals surface area (Å²) in [5, 5.41) is 0. The summed E-state index contributed by atoms with van der Waals surface area (Å²) >= 11 is 0. The lowest BCUT2D eigenvalue weighted by Gasteiger charge is -2.23. The largest absolute Gasteiger partial charge is 0.481 e. The lowest BCUT2D eigenvalue weighted by molar-refractivity contribution is 0.0726. The third kappa shape index (κ3) is 3.74. The van der Waals surface area contributed by atoms with Crippen molar-refractivity contribution in [3.63, 3.8) is 0 Å². The van der Waals surface area contributed by atoms with Gasteiger partial charge in [0.2, 0.25) is 5.78 Å². The Morgan fingerprint density at radius 3 is 2.18 bits per heavy atom. The van der Waals surface area contributed by atoms with Crippen molar-refractivity contribution in [2.24, 2.45) is 0 Å². The van der Waals surface area contributed by atoms with Crippen LogP contribution in [0.1, 0.15) is 23.2 Å². The van der Waals surface area contributed by atoms with Crippen molar-refractivity contribution in [1.82, 2.24) is 4.90 Å². The van der Waals surface area contributed by atoms with Crippen LogP contribution in [0.15, 0.2) is 60.7 Å². The number of Topliss-reactive ketones (excluding diaryl/α,β-unsaturated/α-hetero) is 1. The zero-order chi connectivity index (χ0) is 15.2. The molecule has 22 heavy (non-hydrogen) atoms. The van der Waals surface area contributed by atoms with Crippen LogP contribution in [0.3, 0.4) is 0 Å². The van der Waals surface area contributed by atoms with Gasteiger partial charge in [0.25, 0.3) is 0 Å². The quantitative estimate of drug-likeness (QED) is 0.765. The number of carbonyl (C=O) groups is 1. The molecule has 3 heteroatoms. The molecule has 2 aromatic carbocycles. The van der Waals surface area contributed by atoms with Crippen LogP contribution in [0.5, 0.6) is 5.75 Å². The molecule has 0 amide bonds. The number of rotatable bonds is 6. The SMILES string of the molecule is O=C(c1ccccc1)C(CN1CCCC1)Oc1ccccc1. The first-order valence-electron chi connectivity index (χ1n) is 7.86. The Morgan fingerprint density at radius 1 is 0.955 bits per heavy atom. The van der Waals surface area contributed by atoms with Crippen molar-refractivity contribution in [3.8, 4) is 5.75 Å². The normalized spacial score (nSPS) is 16.4. The van der Waals surface area contributed by atoms with Gasteiger partial charge in [0.15, 0.2) is 6.10 Å². The summed E-state index contributed by atoms with van der Waals surface area (Å²) in [4.78, 5) is 15.1. The van der Waals surface area contributed by atoms with E-state index in [1.54, 1.807) is 0 Å². The fraction of sp³-hybridized carbons (Fsp3) is 0.316. The maximum Gasteiger partial charge on any atom is 0.204 e. The lowest BCUT2D eigenvalue weighted by atomic mass is 10.1. The second-order valence-electron chi connectivity index (χ2n) is 5.66. The van der Waals surface area contributed by atoms with Crippen LogP contribution in [0.25, 0.3) is 0 Å². The molecule has 1 aliphatic heterocycles. The minimum absolute atomic E-state index is 0.0522. The molecule has 1 fully saturated rings. The fourth-order valence-electron chi connectivity index (χ4n) is 2.83. The first-order chi connectivity index (χ1) is 10.8. The van der Waals surface area contributed by atoms with Gasteiger partial charge < -0.3 is 4.74 Å². The first-order valence-corrected chi connectivity index (χ1v) is 7.86. The van der Waals surface area contributed by atoms with Crippen molar-refractivity contribution in [3.05, 3.63) is 66.2 Å². The number of nitrogens with zero attached hydrogens (tertiary/aromatic N) is 1. The van der Waals surface area contributed by atoms with Crippen LogP contribution in [0.2, 0.25) is 0 Å². The Bertz CT molecular complexity index is 591. The average molecular weight is 295 g/mol. The van der Waals surface area contributed by atoms with Crippen LogP contribution >= 0.6 is 0 Å². The van der Waals surface area contributed by atoms with Crippen LogP contribution in [0.4, 0.5) is 0 Å². The smallest absolute Gasteiger partial charge is 0.204 e. The van der Waals surface area contributed by atoms with Gasteiger partial charge in [0, 0.05) is 12.1 Å². The molecule has 1 atom stereocenters. The second kappa shape index (κ2) is 7.23. The predicted octanol–water partition coefficient (Wildman–Crippen LogP) is 3.41. The van der Waals surface area contributed by atoms with Gasteiger partial charge in [-0.15, -0.1) is 0 Å². The summed E-state index contributed by atoms with van der Waals surface area (Å²) in [6.45, 7) is 2.76. The summed E-state index contributed by atoms with van der Waals surface area (Å²) < 4.78 is 6.00. The molecule has 0 aliphatic carbocycles. The molecule has 3 rings (SSSR count). The van der Waals surface area contributed by atoms with Gasteiger partial charge in [-0.3, -0.25) is 9.69 Å². The molecule has 0 aromatic heterocycles. The maximum absolute atomic E-state index is 12.8. The van der Waals surface area contributed by atoms with E-state index in [4.69, 9.17) is 4.74 Å². The monoisotopic (exact) mass is 295 g/mol. The summed E-state index contributed by atoms with van der Waals surface area (Å²) in [6.07, 6.45) is 1.96. The zero-order valence-corrected chi connectivity index (χ0v) is 12.7. The molecule has 0 bridgehead atoms. The highest BCUT2D eigenvalue weighted by molar-refractivity contribution is 5.99. The van der Waals surface area contributed by atoms with Crippen molar-refractivity contribution in [1.29, 1.82) is 0 Å². The first kappa shape index (κ1) is 14.8. The number of carbonyl (C=O) groups excluding carboxylic acids is 1. The van der Waals surface area contributed by atoms with E-state index in [0.717, 1.165) is 18.8 Å². The number of para-hydroxylation sites is 1. The van der Waals surface area contributed by atoms with Crippen molar-refractivity contribution >= 4 is 5.78 Å². The Labute approximate surface area is 131 Å². The van der Waals surface area contributed by atoms with E-state index in [-0.39, 0.29) is 5.78 Å². The van der Waals surface area contributed by atoms with E-state index in [1.807, 2.05) is 60.7 Å². The molecule has 0 radical (unpaired) electrons. The van der Waals surface area contributed by atoms with Crippen LogP contribution < -0.4 is 4.74 Å². The van der Waals surface area contributed by atoms with E-state index in [2.05, 4.69) is 4.90 Å². The second-order valence-corrected chi connectivity index (χ2v) is 5.66. The number of ether oxygens (including phenoxy) is 1. The minimum atomic E-state index is -0.456. The topological polar surface area (TPSA) is 29.5 Å². The Kier molecular flexibility index (Phi) is 4.86. The molecule has 2 aromatic rings. The van der Waals surface area contributed by atoms with Crippen molar-refractivity contribution in [2.75, 3.05) is 19.6 Å². The number of hydrogen-bond donors (Lipinski definition) is 0. The third-order valence-corrected chi connectivity index (χ3v) is 3.99. The van der Waals surface area contributed by atoms with E-state index in [9.17, 15) is 4.79 Å². The molecule has 0 N–H and O–H groups in total. The van der Waals surface area contributed by atoms with E-state index in [0.29, 0.717) is 12.1 Å². The van der Waals surface area contributed by atoms with Gasteiger partial charge in [0.1, 0.15) is 5.75 Å². The molecule has 1 unspecified atom stereocenters. The Balaban J connectivity index is 1.77. The van der Waals surface area contributed by atoms with E-state index in [1.165, 1.54) is 12.8 Å². The molecule has 114 valence electrons. The minimum Gasteiger partial charge on any atom is -0.481 e. The summed E-state index contributed by atoms with van der Waals surface area (Å²) in [5.74, 6) is 0.798. The molecule has 1 heterocycles. The molecular weight excluding hydrogens is 274 g/mol. The van der Waals surface area contributed by atoms with E-state index < -0.39 is 6.10 Å². The standard InChI is InChI=1S/C19H21NO2/c21-19(16-9-3-1-4-10-16)18(15-20-13-7-8-14-20)22-17-11-5-2-6-12-17/h1-6,9-12,18H,7-8,13-15H2. The molecule has 3 nitrogen and oxygen atoms in total. The molecule has 1 aliphatic rings. The summed E-state index contributed by atoms with van der Waals surface area (Å²) in [7, 11) is 0. The number of ketones is 1. The average Bonchev–Trinajstić information content (AvgIpc) is 3.08. The Hall–Kier alpha value is -2.13.